The van der Waals surface area contributed by atoms with E-state index in [1.165, 1.54) is 12.1 Å². The smallest absolute Gasteiger partial charge is 0.255 e. The Morgan fingerprint density at radius 3 is 2.25 bits per heavy atom. The number of hydrogen-bond acceptors (Lipinski definition) is 8. The number of aliphatic hydroxyl groups is 4. The summed E-state index contributed by atoms with van der Waals surface area (Å²) in [7, 11) is -4.10. The van der Waals surface area contributed by atoms with Crippen molar-refractivity contribution < 1.29 is 51.5 Å². The largest absolute Gasteiger partial charge is 0.394 e. The minimum absolute atomic E-state index is 0.0847. The Morgan fingerprint density at radius 1 is 1.07 bits per heavy atom. The predicted molar refractivity (Wildman–Crippen MR) is 137 cm³/mol. The molecule has 4 unspecified atom stereocenters. The molecule has 5 N–H and O–H groups in total. The first-order valence-electron chi connectivity index (χ1n) is 12.5. The highest BCUT2D eigenvalue weighted by Crippen LogP contribution is 2.52. The van der Waals surface area contributed by atoms with E-state index in [2.05, 4.69) is 5.32 Å². The molecule has 2 aromatic carbocycles. The van der Waals surface area contributed by atoms with E-state index in [0.29, 0.717) is 25.0 Å². The average molecular weight is 608 g/mol. The highest BCUT2D eigenvalue weighted by Gasteiger charge is 2.56. The van der Waals surface area contributed by atoms with Gasteiger partial charge in [-0.15, -0.1) is 0 Å². The molecule has 14 heteroatoms. The van der Waals surface area contributed by atoms with Gasteiger partial charge in [0.2, 0.25) is 0 Å². The third kappa shape index (κ3) is 6.01. The van der Waals surface area contributed by atoms with Crippen molar-refractivity contribution in [2.45, 2.75) is 53.6 Å². The van der Waals surface area contributed by atoms with E-state index < -0.39 is 74.7 Å². The first-order chi connectivity index (χ1) is 18.8. The van der Waals surface area contributed by atoms with Crippen molar-refractivity contribution in [3.05, 3.63) is 58.4 Å². The minimum atomic E-state index is -4.10. The maximum Gasteiger partial charge on any atom is 0.255 e. The first-order valence-corrected chi connectivity index (χ1v) is 14.5. The molecule has 1 amide bonds. The number of benzene rings is 2. The molecule has 2 saturated carbocycles. The second-order valence-electron chi connectivity index (χ2n) is 10.3. The van der Waals surface area contributed by atoms with Gasteiger partial charge < -0.3 is 30.5 Å². The zero-order chi connectivity index (χ0) is 29.4. The van der Waals surface area contributed by atoms with Crippen molar-refractivity contribution >= 4 is 33.0 Å². The normalized spacial score (nSPS) is 25.9. The summed E-state index contributed by atoms with van der Waals surface area (Å²) in [6.07, 6.45) is -1.50. The molecule has 220 valence electrons. The van der Waals surface area contributed by atoms with Crippen molar-refractivity contribution in [2.75, 3.05) is 25.1 Å². The molecule has 0 spiro atoms. The summed E-state index contributed by atoms with van der Waals surface area (Å²) in [4.78, 5) is 12.4. The summed E-state index contributed by atoms with van der Waals surface area (Å²) < 4.78 is 73.0. The summed E-state index contributed by atoms with van der Waals surface area (Å²) in [5.74, 6) is -6.51. The third-order valence-corrected chi connectivity index (χ3v) is 10.5. The van der Waals surface area contributed by atoms with Crippen molar-refractivity contribution in [2.24, 2.45) is 11.8 Å². The van der Waals surface area contributed by atoms with Crippen LogP contribution in [0.5, 0.6) is 0 Å². The quantitative estimate of drug-likeness (QED) is 0.258. The lowest BCUT2D eigenvalue weighted by Gasteiger charge is -2.42. The van der Waals surface area contributed by atoms with Crippen LogP contribution in [0.4, 0.5) is 18.9 Å². The van der Waals surface area contributed by atoms with E-state index in [4.69, 9.17) is 21.4 Å². The number of sulfone groups is 1. The lowest BCUT2D eigenvalue weighted by Crippen LogP contribution is -2.51. The van der Waals surface area contributed by atoms with Crippen LogP contribution >= 0.6 is 11.6 Å². The fraction of sp³-hybridized carbons (Fsp3) is 0.500. The van der Waals surface area contributed by atoms with Crippen LogP contribution in [-0.2, 0) is 14.6 Å². The second-order valence-corrected chi connectivity index (χ2v) is 12.9. The van der Waals surface area contributed by atoms with Crippen molar-refractivity contribution in [1.82, 2.24) is 0 Å². The molecule has 40 heavy (non-hydrogen) atoms. The van der Waals surface area contributed by atoms with Crippen molar-refractivity contribution in [3.63, 3.8) is 0 Å². The number of hydrogen-bond donors (Lipinski definition) is 5. The van der Waals surface area contributed by atoms with E-state index in [0.717, 1.165) is 6.07 Å². The van der Waals surface area contributed by atoms with Crippen LogP contribution in [-0.4, -0.2) is 77.6 Å². The Balaban J connectivity index is 1.49. The highest BCUT2D eigenvalue weighted by atomic mass is 35.5. The minimum Gasteiger partial charge on any atom is -0.394 e. The van der Waals surface area contributed by atoms with Crippen LogP contribution in [0.3, 0.4) is 0 Å². The zero-order valence-electron chi connectivity index (χ0n) is 21.1. The molecule has 0 saturated heterocycles. The number of carbonyl (C=O) groups excluding carboxylic acids is 1. The molecule has 6 atom stereocenters. The number of amides is 1. The average Bonchev–Trinajstić information content (AvgIpc) is 3.06. The maximum atomic E-state index is 13.7. The van der Waals surface area contributed by atoms with Crippen LogP contribution in [0.2, 0.25) is 5.02 Å². The summed E-state index contributed by atoms with van der Waals surface area (Å²) in [6.45, 7) is -1.17. The molecule has 9 nitrogen and oxygen atoms in total. The van der Waals surface area contributed by atoms with Gasteiger partial charge in [-0.2, -0.15) is 0 Å². The van der Waals surface area contributed by atoms with E-state index in [1.807, 2.05) is 0 Å². The molecule has 2 bridgehead atoms. The molecule has 2 aliphatic rings. The molecule has 0 aliphatic heterocycles. The molecule has 2 fully saturated rings. The number of rotatable bonds is 10. The SMILES string of the molecule is O=C(Nc1cc(F)c(F)c(F)c1)c1ccc(Cl)c(S(=O)(=O)C2CC3CC[C@@H](C2)C3(O)COC[C@H](O)C(O)CO)c1. The van der Waals surface area contributed by atoms with Gasteiger partial charge >= 0.3 is 0 Å². The third-order valence-electron chi connectivity index (χ3n) is 7.81. The van der Waals surface area contributed by atoms with Gasteiger partial charge in [-0.1, -0.05) is 11.6 Å². The van der Waals surface area contributed by atoms with E-state index in [-0.39, 0.29) is 47.2 Å². The molecule has 4 rings (SSSR count). The van der Waals surface area contributed by atoms with E-state index in [1.54, 1.807) is 0 Å². The Bertz CT molecular complexity index is 1340. The summed E-state index contributed by atoms with van der Waals surface area (Å²) in [6, 6.07) is 4.67. The Hall–Kier alpha value is -2.26. The fourth-order valence-corrected chi connectivity index (χ4v) is 7.95. The Kier molecular flexibility index (Phi) is 9.15. The Morgan fingerprint density at radius 2 is 1.68 bits per heavy atom. The van der Waals surface area contributed by atoms with Gasteiger partial charge in [-0.25, -0.2) is 21.6 Å². The van der Waals surface area contributed by atoms with Crippen molar-refractivity contribution in [3.8, 4) is 0 Å². The van der Waals surface area contributed by atoms with Crippen LogP contribution in [0.25, 0.3) is 0 Å². The molecule has 0 radical (unpaired) electrons. The number of ether oxygens (including phenoxy) is 1. The lowest BCUT2D eigenvalue weighted by atomic mass is 9.75. The number of halogens is 4. The van der Waals surface area contributed by atoms with Gasteiger partial charge in [-0.05, 0) is 55.7 Å². The van der Waals surface area contributed by atoms with Gasteiger partial charge in [0.1, 0.15) is 12.2 Å². The summed E-state index contributed by atoms with van der Waals surface area (Å²) in [5, 5.41) is 40.6. The van der Waals surface area contributed by atoms with Crippen LogP contribution in [0, 0.1) is 29.3 Å². The molecule has 2 aliphatic carbocycles. The van der Waals surface area contributed by atoms with E-state index >= 15 is 0 Å². The maximum absolute atomic E-state index is 13.7. The zero-order valence-corrected chi connectivity index (χ0v) is 22.6. The predicted octanol–water partition coefficient (Wildman–Crippen LogP) is 2.43. The number of anilines is 1. The monoisotopic (exact) mass is 607 g/mol. The van der Waals surface area contributed by atoms with Gasteiger partial charge in [0.05, 0.1) is 40.6 Å². The summed E-state index contributed by atoms with van der Waals surface area (Å²) in [5.41, 5.74) is -1.88. The summed E-state index contributed by atoms with van der Waals surface area (Å²) >= 11 is 6.22. The molecule has 0 heterocycles. The highest BCUT2D eigenvalue weighted by molar-refractivity contribution is 7.92. The van der Waals surface area contributed by atoms with Crippen LogP contribution < -0.4 is 5.32 Å². The molecular weight excluding hydrogens is 579 g/mol. The number of aliphatic hydroxyl groups excluding tert-OH is 3. The topological polar surface area (TPSA) is 153 Å². The molecular formula is C26H29ClF3NO8S. The molecule has 2 aromatic rings. The standard InChI is InChI=1S/C26H29ClF3NO8S/c27-18-4-1-13(25(35)31-16-8-19(28)24(30)20(29)9-16)5-23(18)40(37,38)17-6-14-2-3-15(7-17)26(14,36)12-39-11-22(34)21(33)10-32/h1,4-5,8-9,14-15,17,21-22,32-34,36H,2-3,6-7,10-12H2,(H,31,35)/t14-,15?,17?,21?,22-,26?/m0/s1. The van der Waals surface area contributed by atoms with Gasteiger partial charge in [0.15, 0.2) is 27.3 Å². The fourth-order valence-electron chi connectivity index (χ4n) is 5.55. The van der Waals surface area contributed by atoms with Crippen LogP contribution in [0.1, 0.15) is 36.0 Å². The van der Waals surface area contributed by atoms with Crippen LogP contribution in [0.15, 0.2) is 35.2 Å². The first kappa shape index (κ1) is 30.7. The van der Waals surface area contributed by atoms with Crippen molar-refractivity contribution in [1.29, 1.82) is 0 Å². The Labute approximate surface area is 233 Å². The van der Waals surface area contributed by atoms with E-state index in [9.17, 15) is 41.7 Å². The van der Waals surface area contributed by atoms with Gasteiger partial charge in [0, 0.05) is 23.4 Å². The number of fused-ring (bicyclic) bond motifs is 2. The molecule has 0 aromatic heterocycles. The second kappa shape index (κ2) is 11.9. The number of nitrogens with one attached hydrogen (secondary N) is 1. The number of carbonyl (C=O) groups is 1. The lowest BCUT2D eigenvalue weighted by molar-refractivity contribution is -0.133. The van der Waals surface area contributed by atoms with Gasteiger partial charge in [-0.3, -0.25) is 4.79 Å². The van der Waals surface area contributed by atoms with Gasteiger partial charge in [0.25, 0.3) is 5.91 Å².